The number of amides is 1. The Bertz CT molecular complexity index is 893. The third-order valence-corrected chi connectivity index (χ3v) is 4.41. The monoisotopic (exact) mass is 422 g/mol. The summed E-state index contributed by atoms with van der Waals surface area (Å²) >= 11 is 0. The number of ether oxygens (including phenoxy) is 2. The molecule has 1 heterocycles. The molecule has 2 atom stereocenters. The molecule has 0 unspecified atom stereocenters. The molecule has 3 rings (SSSR count). The maximum Gasteiger partial charge on any atom is 0.387 e. The Balaban J connectivity index is 1.51. The average Bonchev–Trinajstić information content (AvgIpc) is 3.01. The predicted molar refractivity (Wildman–Crippen MR) is 102 cm³/mol. The summed E-state index contributed by atoms with van der Waals surface area (Å²) in [5.41, 5.74) is 0.487. The minimum atomic E-state index is -2.92. The second-order valence-corrected chi connectivity index (χ2v) is 6.70. The molecule has 0 bridgehead atoms. The average molecular weight is 422 g/mol. The van der Waals surface area contributed by atoms with Gasteiger partial charge >= 0.3 is 12.6 Å². The van der Waals surface area contributed by atoms with Gasteiger partial charge in [0.2, 0.25) is 5.91 Å². The van der Waals surface area contributed by atoms with Crippen LogP contribution in [0.5, 0.6) is 11.5 Å². The van der Waals surface area contributed by atoms with Crippen molar-refractivity contribution in [3.8, 4) is 11.5 Å². The Hall–Kier alpha value is -3.24. The topological polar surface area (TPSA) is 108 Å². The Morgan fingerprint density at radius 3 is 2.53 bits per heavy atom. The summed E-state index contributed by atoms with van der Waals surface area (Å²) in [6.45, 7) is -2.46. The van der Waals surface area contributed by atoms with Crippen LogP contribution < -0.4 is 14.8 Å². The highest BCUT2D eigenvalue weighted by atomic mass is 19.3. The number of alkyl halides is 2. The van der Waals surface area contributed by atoms with Crippen molar-refractivity contribution in [1.29, 1.82) is 0 Å². The molecule has 1 aliphatic heterocycles. The first-order valence-electron chi connectivity index (χ1n) is 9.05. The summed E-state index contributed by atoms with van der Waals surface area (Å²) in [6.07, 6.45) is -1.47. The highest BCUT2D eigenvalue weighted by molar-refractivity contribution is 5.92. The third-order valence-electron chi connectivity index (χ3n) is 4.41. The van der Waals surface area contributed by atoms with Gasteiger partial charge in [-0.25, -0.2) is 4.79 Å². The van der Waals surface area contributed by atoms with E-state index in [-0.39, 0.29) is 36.9 Å². The number of rotatable bonds is 8. The van der Waals surface area contributed by atoms with E-state index in [1.165, 1.54) is 36.4 Å². The molecule has 1 saturated heterocycles. The molecular formula is C20H20F2N2O6. The van der Waals surface area contributed by atoms with E-state index in [0.29, 0.717) is 11.4 Å². The molecule has 2 aromatic rings. The summed E-state index contributed by atoms with van der Waals surface area (Å²) in [7, 11) is 0. The number of likely N-dealkylation sites (tertiary alicyclic amines) is 1. The summed E-state index contributed by atoms with van der Waals surface area (Å²) in [5, 5.41) is 21.9. The zero-order valence-electron chi connectivity index (χ0n) is 15.7. The zero-order chi connectivity index (χ0) is 21.7. The van der Waals surface area contributed by atoms with E-state index >= 15 is 0 Å². The number of anilines is 1. The second-order valence-electron chi connectivity index (χ2n) is 6.70. The molecule has 0 radical (unpaired) electrons. The van der Waals surface area contributed by atoms with Crippen LogP contribution in [0.3, 0.4) is 0 Å². The lowest BCUT2D eigenvalue weighted by Crippen LogP contribution is -2.33. The molecule has 8 nitrogen and oxygen atoms in total. The summed E-state index contributed by atoms with van der Waals surface area (Å²) < 4.78 is 34.3. The van der Waals surface area contributed by atoms with Gasteiger partial charge in [0.15, 0.2) is 0 Å². The summed E-state index contributed by atoms with van der Waals surface area (Å²) in [4.78, 5) is 25.0. The van der Waals surface area contributed by atoms with Gasteiger partial charge in [-0.1, -0.05) is 6.07 Å². The van der Waals surface area contributed by atoms with Crippen molar-refractivity contribution in [3.05, 3.63) is 54.1 Å². The minimum Gasteiger partial charge on any atom is -0.486 e. The summed E-state index contributed by atoms with van der Waals surface area (Å²) in [5.74, 6) is -1.13. The smallest absolute Gasteiger partial charge is 0.387 e. The van der Waals surface area contributed by atoms with Crippen LogP contribution in [0, 0.1) is 0 Å². The molecule has 0 spiro atoms. The number of halogens is 2. The van der Waals surface area contributed by atoms with Crippen LogP contribution in [0.1, 0.15) is 10.4 Å². The van der Waals surface area contributed by atoms with Crippen LogP contribution in [-0.4, -0.2) is 65.4 Å². The number of carboxylic acid groups (broad SMARTS) is 1. The second kappa shape index (κ2) is 9.51. The van der Waals surface area contributed by atoms with Gasteiger partial charge < -0.3 is 25.0 Å². The number of aliphatic hydroxyl groups is 1. The lowest BCUT2D eigenvalue weighted by Gasteiger charge is -2.17. The fourth-order valence-electron chi connectivity index (χ4n) is 3.08. The Kier molecular flexibility index (Phi) is 6.80. The van der Waals surface area contributed by atoms with Crippen LogP contribution >= 0.6 is 0 Å². The first-order chi connectivity index (χ1) is 14.3. The lowest BCUT2D eigenvalue weighted by atomic mass is 10.2. The quantitative estimate of drug-likeness (QED) is 0.598. The zero-order valence-corrected chi connectivity index (χ0v) is 15.7. The highest BCUT2D eigenvalue weighted by Crippen LogP contribution is 2.21. The fourth-order valence-corrected chi connectivity index (χ4v) is 3.08. The highest BCUT2D eigenvalue weighted by Gasteiger charge is 2.34. The Morgan fingerprint density at radius 1 is 1.13 bits per heavy atom. The van der Waals surface area contributed by atoms with Crippen molar-refractivity contribution in [2.24, 2.45) is 0 Å². The third kappa shape index (κ3) is 5.88. The molecule has 10 heteroatoms. The normalized spacial score (nSPS) is 18.9. The maximum absolute atomic E-state index is 12.2. The number of carboxylic acids is 1. The molecular weight excluding hydrogens is 402 g/mol. The number of carbonyl (C=O) groups excluding carboxylic acids is 1. The molecule has 1 fully saturated rings. The molecule has 30 heavy (non-hydrogen) atoms. The van der Waals surface area contributed by atoms with Crippen LogP contribution in [0.15, 0.2) is 48.5 Å². The van der Waals surface area contributed by atoms with Gasteiger partial charge in [-0.05, 0) is 42.5 Å². The summed E-state index contributed by atoms with van der Waals surface area (Å²) in [6, 6.07) is 11.5. The van der Waals surface area contributed by atoms with Crippen LogP contribution in [0.4, 0.5) is 14.5 Å². The van der Waals surface area contributed by atoms with E-state index < -0.39 is 24.8 Å². The molecule has 0 aromatic heterocycles. The van der Waals surface area contributed by atoms with Crippen LogP contribution in [0.2, 0.25) is 0 Å². The number of aliphatic hydroxyl groups excluding tert-OH is 1. The number of β-amino-alcohol motifs (C(OH)–C–C–N with tert-alkyl or cyclic N) is 1. The fraction of sp³-hybridized carbons (Fsp3) is 0.300. The van der Waals surface area contributed by atoms with E-state index in [2.05, 4.69) is 10.1 Å². The molecule has 3 N–H and O–H groups in total. The molecule has 1 aliphatic rings. The van der Waals surface area contributed by atoms with Crippen molar-refractivity contribution in [3.63, 3.8) is 0 Å². The van der Waals surface area contributed by atoms with Gasteiger partial charge in [0.25, 0.3) is 0 Å². The molecule has 160 valence electrons. The van der Waals surface area contributed by atoms with Crippen LogP contribution in [-0.2, 0) is 4.79 Å². The van der Waals surface area contributed by atoms with Crippen molar-refractivity contribution >= 4 is 17.6 Å². The Morgan fingerprint density at radius 2 is 1.87 bits per heavy atom. The van der Waals surface area contributed by atoms with E-state index in [9.17, 15) is 23.5 Å². The molecule has 2 aromatic carbocycles. The van der Waals surface area contributed by atoms with Gasteiger partial charge in [-0.3, -0.25) is 9.69 Å². The predicted octanol–water partition coefficient (Wildman–Crippen LogP) is 2.05. The van der Waals surface area contributed by atoms with Gasteiger partial charge in [-0.2, -0.15) is 8.78 Å². The number of hydrogen-bond acceptors (Lipinski definition) is 6. The van der Waals surface area contributed by atoms with E-state index in [0.717, 1.165) is 0 Å². The van der Waals surface area contributed by atoms with Gasteiger partial charge in [0.1, 0.15) is 23.7 Å². The minimum absolute atomic E-state index is 0.0125. The van der Waals surface area contributed by atoms with Gasteiger partial charge in [0, 0.05) is 18.8 Å². The van der Waals surface area contributed by atoms with E-state index in [1.807, 2.05) is 0 Å². The largest absolute Gasteiger partial charge is 0.486 e. The van der Waals surface area contributed by atoms with Gasteiger partial charge in [-0.15, -0.1) is 0 Å². The van der Waals surface area contributed by atoms with Crippen molar-refractivity contribution in [2.45, 2.75) is 18.8 Å². The number of aromatic carboxylic acids is 1. The number of nitrogens with zero attached hydrogens (tertiary/aromatic N) is 1. The first kappa shape index (κ1) is 21.5. The van der Waals surface area contributed by atoms with Crippen molar-refractivity contribution < 1.29 is 38.1 Å². The number of hydrogen-bond donors (Lipinski definition) is 3. The van der Waals surface area contributed by atoms with Crippen molar-refractivity contribution in [2.75, 3.05) is 25.0 Å². The Labute approximate surface area is 170 Å². The standard InChI is InChI=1S/C20H20F2N2O6/c21-20(22)30-14-6-4-13(5-7-14)23-18(26)11-24-9-16(25)17(10-24)29-15-3-1-2-12(8-15)19(27)28/h1-8,16-17,20,25H,9-11H2,(H,23,26)(H,27,28)/t16-,17-/m1/s1. The number of carbonyl (C=O) groups is 2. The number of benzene rings is 2. The number of nitrogens with one attached hydrogen (secondary N) is 1. The molecule has 0 saturated carbocycles. The van der Waals surface area contributed by atoms with Crippen LogP contribution in [0.25, 0.3) is 0 Å². The van der Waals surface area contributed by atoms with Crippen molar-refractivity contribution in [1.82, 2.24) is 4.90 Å². The lowest BCUT2D eigenvalue weighted by molar-refractivity contribution is -0.117. The SMILES string of the molecule is O=C(CN1C[C@@H](O)[C@H](Oc2cccc(C(=O)O)c2)C1)Nc1ccc(OC(F)F)cc1. The molecule has 0 aliphatic carbocycles. The first-order valence-corrected chi connectivity index (χ1v) is 9.05. The molecule has 1 amide bonds. The maximum atomic E-state index is 12.2. The van der Waals surface area contributed by atoms with E-state index in [4.69, 9.17) is 9.84 Å². The van der Waals surface area contributed by atoms with Gasteiger partial charge in [0.05, 0.1) is 12.1 Å². The van der Waals surface area contributed by atoms with E-state index in [1.54, 1.807) is 17.0 Å².